The number of hydrogen-bond donors (Lipinski definition) is 2. The van der Waals surface area contributed by atoms with Crippen LogP contribution in [0.15, 0.2) is 73.6 Å². The summed E-state index contributed by atoms with van der Waals surface area (Å²) in [5.41, 5.74) is 3.35. The molecule has 5 rings (SSSR count). The van der Waals surface area contributed by atoms with E-state index in [9.17, 15) is 4.79 Å². The number of imidazole rings is 1. The first kappa shape index (κ1) is 26.2. The monoisotopic (exact) mass is 527 g/mol. The van der Waals surface area contributed by atoms with Crippen LogP contribution < -0.4 is 15.4 Å². The molecule has 1 fully saturated rings. The minimum absolute atomic E-state index is 0.0547. The third-order valence-electron chi connectivity index (χ3n) is 6.67. The van der Waals surface area contributed by atoms with Crippen molar-refractivity contribution in [2.75, 3.05) is 44.0 Å². The van der Waals surface area contributed by atoms with Crippen LogP contribution in [0.3, 0.4) is 0 Å². The van der Waals surface area contributed by atoms with Crippen LogP contribution in [0.2, 0.25) is 0 Å². The van der Waals surface area contributed by atoms with Gasteiger partial charge in [0.2, 0.25) is 11.9 Å². The van der Waals surface area contributed by atoms with Gasteiger partial charge in [0.1, 0.15) is 12.4 Å². The minimum atomic E-state index is -0.0547. The zero-order valence-electron chi connectivity index (χ0n) is 22.0. The SMILES string of the molecule is C=CC(=O)N1CCC[C@@H](n2cnc3c(NCc4ccccc4)nc(Nc4ccc(OCCOC)cc4)nc32)C1. The summed E-state index contributed by atoms with van der Waals surface area (Å²) in [6.45, 7) is 6.57. The molecule has 0 aliphatic carbocycles. The van der Waals surface area contributed by atoms with Gasteiger partial charge in [-0.15, -0.1) is 0 Å². The van der Waals surface area contributed by atoms with E-state index in [4.69, 9.17) is 19.4 Å². The molecule has 39 heavy (non-hydrogen) atoms. The molecule has 2 aromatic carbocycles. The molecule has 1 saturated heterocycles. The molecular weight excluding hydrogens is 494 g/mol. The number of ether oxygens (including phenoxy) is 2. The summed E-state index contributed by atoms with van der Waals surface area (Å²) in [6.07, 6.45) is 5.00. The van der Waals surface area contributed by atoms with E-state index in [1.165, 1.54) is 6.08 Å². The zero-order chi connectivity index (χ0) is 27.0. The van der Waals surface area contributed by atoms with E-state index in [1.807, 2.05) is 47.4 Å². The van der Waals surface area contributed by atoms with E-state index in [2.05, 4.69) is 38.9 Å². The Kier molecular flexibility index (Phi) is 8.33. The van der Waals surface area contributed by atoms with Gasteiger partial charge in [0.05, 0.1) is 19.0 Å². The standard InChI is InChI=1S/C29H33N7O3/c1-3-25(37)35-15-7-10-23(19-35)36-20-31-26-27(30-18-21-8-5-4-6-9-21)33-29(34-28(26)36)32-22-11-13-24(14-12-22)39-17-16-38-2/h3-6,8-9,11-14,20,23H,1,7,10,15-19H2,2H3,(H2,30,32,33,34)/t23-/m1/s1. The van der Waals surface area contributed by atoms with Crippen LogP contribution in [0.25, 0.3) is 11.2 Å². The molecular formula is C29H33N7O3. The van der Waals surface area contributed by atoms with Crippen molar-refractivity contribution in [1.82, 2.24) is 24.4 Å². The van der Waals surface area contributed by atoms with E-state index < -0.39 is 0 Å². The second-order valence-corrected chi connectivity index (χ2v) is 9.33. The van der Waals surface area contributed by atoms with E-state index in [0.717, 1.165) is 36.4 Å². The molecule has 10 nitrogen and oxygen atoms in total. The summed E-state index contributed by atoms with van der Waals surface area (Å²) in [7, 11) is 1.65. The molecule has 1 atom stereocenters. The molecule has 2 N–H and O–H groups in total. The first-order chi connectivity index (χ1) is 19.1. The minimum Gasteiger partial charge on any atom is -0.491 e. The van der Waals surface area contributed by atoms with E-state index >= 15 is 0 Å². The van der Waals surface area contributed by atoms with Crippen molar-refractivity contribution >= 4 is 34.5 Å². The van der Waals surface area contributed by atoms with Gasteiger partial charge in [0.15, 0.2) is 17.0 Å². The molecule has 1 aliphatic rings. The van der Waals surface area contributed by atoms with Crippen LogP contribution in [-0.2, 0) is 16.1 Å². The lowest BCUT2D eigenvalue weighted by molar-refractivity contribution is -0.127. The highest BCUT2D eigenvalue weighted by atomic mass is 16.5. The number of nitrogens with one attached hydrogen (secondary N) is 2. The third-order valence-corrected chi connectivity index (χ3v) is 6.67. The lowest BCUT2D eigenvalue weighted by atomic mass is 10.1. The van der Waals surface area contributed by atoms with E-state index in [-0.39, 0.29) is 11.9 Å². The second-order valence-electron chi connectivity index (χ2n) is 9.33. The molecule has 0 bridgehead atoms. The average Bonchev–Trinajstić information content (AvgIpc) is 3.41. The van der Waals surface area contributed by atoms with Gasteiger partial charge in [-0.25, -0.2) is 4.98 Å². The Bertz CT molecular complexity index is 1410. The number of carbonyl (C=O) groups excluding carboxylic acids is 1. The number of rotatable bonds is 11. The molecule has 10 heteroatoms. The Morgan fingerprint density at radius 3 is 2.72 bits per heavy atom. The number of aromatic nitrogens is 4. The van der Waals surface area contributed by atoms with Gasteiger partial charge < -0.3 is 29.6 Å². The van der Waals surface area contributed by atoms with Crippen molar-refractivity contribution in [3.8, 4) is 5.75 Å². The second kappa shape index (κ2) is 12.4. The fourth-order valence-electron chi connectivity index (χ4n) is 4.66. The third kappa shape index (κ3) is 6.35. The lowest BCUT2D eigenvalue weighted by Crippen LogP contribution is -2.39. The maximum Gasteiger partial charge on any atom is 0.246 e. The van der Waals surface area contributed by atoms with Gasteiger partial charge in [-0.1, -0.05) is 36.9 Å². The smallest absolute Gasteiger partial charge is 0.246 e. The number of methoxy groups -OCH3 is 1. The van der Waals surface area contributed by atoms with Crippen LogP contribution >= 0.6 is 0 Å². The molecule has 1 aliphatic heterocycles. The number of carbonyl (C=O) groups is 1. The van der Waals surface area contributed by atoms with Crippen molar-refractivity contribution < 1.29 is 14.3 Å². The summed E-state index contributed by atoms with van der Waals surface area (Å²) in [6, 6.07) is 17.8. The summed E-state index contributed by atoms with van der Waals surface area (Å²) in [5.74, 6) is 1.79. The average molecular weight is 528 g/mol. The Balaban J connectivity index is 1.43. The summed E-state index contributed by atoms with van der Waals surface area (Å²) in [4.78, 5) is 28.5. The molecule has 0 radical (unpaired) electrons. The molecule has 0 spiro atoms. The number of likely N-dealkylation sites (tertiary alicyclic amines) is 1. The predicted molar refractivity (Wildman–Crippen MR) is 151 cm³/mol. The molecule has 0 unspecified atom stereocenters. The van der Waals surface area contributed by atoms with Crippen molar-refractivity contribution in [2.45, 2.75) is 25.4 Å². The maximum atomic E-state index is 12.3. The highest BCUT2D eigenvalue weighted by molar-refractivity contribution is 5.87. The Morgan fingerprint density at radius 2 is 1.95 bits per heavy atom. The number of piperidine rings is 1. The number of fused-ring (bicyclic) bond motifs is 1. The van der Waals surface area contributed by atoms with Crippen LogP contribution in [0.5, 0.6) is 5.75 Å². The summed E-state index contributed by atoms with van der Waals surface area (Å²) in [5, 5.41) is 6.77. The Hall–Kier alpha value is -4.44. The number of amides is 1. The largest absolute Gasteiger partial charge is 0.491 e. The quantitative estimate of drug-likeness (QED) is 0.216. The van der Waals surface area contributed by atoms with Gasteiger partial charge in [-0.2, -0.15) is 9.97 Å². The maximum absolute atomic E-state index is 12.3. The lowest BCUT2D eigenvalue weighted by Gasteiger charge is -2.32. The van der Waals surface area contributed by atoms with Gasteiger partial charge >= 0.3 is 0 Å². The van der Waals surface area contributed by atoms with Crippen molar-refractivity contribution in [3.63, 3.8) is 0 Å². The van der Waals surface area contributed by atoms with Gasteiger partial charge in [-0.3, -0.25) is 4.79 Å². The van der Waals surface area contributed by atoms with Crippen LogP contribution in [0, 0.1) is 0 Å². The molecule has 1 amide bonds. The summed E-state index contributed by atoms with van der Waals surface area (Å²) >= 11 is 0. The van der Waals surface area contributed by atoms with Crippen LogP contribution in [-0.4, -0.2) is 63.7 Å². The zero-order valence-corrected chi connectivity index (χ0v) is 22.0. The van der Waals surface area contributed by atoms with E-state index in [0.29, 0.717) is 49.2 Å². The van der Waals surface area contributed by atoms with Crippen molar-refractivity contribution in [2.24, 2.45) is 0 Å². The number of benzene rings is 2. The number of anilines is 3. The van der Waals surface area contributed by atoms with Crippen molar-refractivity contribution in [1.29, 1.82) is 0 Å². The summed E-state index contributed by atoms with van der Waals surface area (Å²) < 4.78 is 12.8. The van der Waals surface area contributed by atoms with Gasteiger partial charge in [0, 0.05) is 32.4 Å². The van der Waals surface area contributed by atoms with Crippen LogP contribution in [0.4, 0.5) is 17.5 Å². The predicted octanol–water partition coefficient (Wildman–Crippen LogP) is 4.56. The molecule has 3 heterocycles. The fourth-order valence-corrected chi connectivity index (χ4v) is 4.66. The Morgan fingerprint density at radius 1 is 1.13 bits per heavy atom. The molecule has 4 aromatic rings. The van der Waals surface area contributed by atoms with Gasteiger partial charge in [0.25, 0.3) is 0 Å². The first-order valence-electron chi connectivity index (χ1n) is 13.1. The van der Waals surface area contributed by atoms with Crippen molar-refractivity contribution in [3.05, 3.63) is 79.1 Å². The van der Waals surface area contributed by atoms with E-state index in [1.54, 1.807) is 13.4 Å². The topological polar surface area (TPSA) is 106 Å². The number of nitrogens with zero attached hydrogens (tertiary/aromatic N) is 5. The normalized spacial score (nSPS) is 15.2. The molecule has 2 aromatic heterocycles. The highest BCUT2D eigenvalue weighted by Crippen LogP contribution is 2.29. The van der Waals surface area contributed by atoms with Gasteiger partial charge in [-0.05, 0) is 48.7 Å². The molecule has 202 valence electrons. The van der Waals surface area contributed by atoms with Crippen LogP contribution in [0.1, 0.15) is 24.4 Å². The highest BCUT2D eigenvalue weighted by Gasteiger charge is 2.26. The number of hydrogen-bond acceptors (Lipinski definition) is 8. The first-order valence-corrected chi connectivity index (χ1v) is 13.1. The Labute approximate surface area is 227 Å². The fraction of sp³-hybridized carbons (Fsp3) is 0.310. The molecule has 0 saturated carbocycles.